The van der Waals surface area contributed by atoms with Gasteiger partial charge in [-0.1, -0.05) is 38.0 Å². The van der Waals surface area contributed by atoms with Gasteiger partial charge in [0, 0.05) is 22.8 Å². The van der Waals surface area contributed by atoms with E-state index in [1.54, 1.807) is 6.20 Å². The smallest absolute Gasteiger partial charge is 0.255 e. The maximum Gasteiger partial charge on any atom is 0.255 e. The monoisotopic (exact) mass is 318 g/mol. The minimum atomic E-state index is -0.0977. The number of carbonyl (C=O) groups excluding carboxylic acids is 1. The van der Waals surface area contributed by atoms with Crippen molar-refractivity contribution in [2.75, 3.05) is 5.32 Å². The maximum absolute atomic E-state index is 12.4. The Morgan fingerprint density at radius 3 is 2.67 bits per heavy atom. The highest BCUT2D eigenvalue weighted by atomic mass is 16.1. The zero-order chi connectivity index (χ0) is 16.8. The Morgan fingerprint density at radius 1 is 1.04 bits per heavy atom. The first-order valence-corrected chi connectivity index (χ1v) is 8.51. The van der Waals surface area contributed by atoms with Crippen molar-refractivity contribution < 1.29 is 4.79 Å². The van der Waals surface area contributed by atoms with E-state index in [9.17, 15) is 4.79 Å². The zero-order valence-electron chi connectivity index (χ0n) is 14.0. The van der Waals surface area contributed by atoms with Crippen molar-refractivity contribution >= 4 is 22.5 Å². The van der Waals surface area contributed by atoms with Crippen LogP contribution in [0.1, 0.15) is 42.1 Å². The van der Waals surface area contributed by atoms with Crippen LogP contribution < -0.4 is 5.32 Å². The van der Waals surface area contributed by atoms with Crippen LogP contribution in [0, 0.1) is 0 Å². The molecule has 0 fully saturated rings. The molecule has 3 rings (SSSR count). The van der Waals surface area contributed by atoms with Crippen LogP contribution in [0.3, 0.4) is 0 Å². The van der Waals surface area contributed by atoms with E-state index in [-0.39, 0.29) is 5.91 Å². The Labute approximate surface area is 142 Å². The Kier molecular flexibility index (Phi) is 5.22. The van der Waals surface area contributed by atoms with Crippen molar-refractivity contribution in [1.82, 2.24) is 4.98 Å². The number of pyridine rings is 1. The predicted molar refractivity (Wildman–Crippen MR) is 99.4 cm³/mol. The largest absolute Gasteiger partial charge is 0.322 e. The summed E-state index contributed by atoms with van der Waals surface area (Å²) < 4.78 is 0. The van der Waals surface area contributed by atoms with Gasteiger partial charge < -0.3 is 5.32 Å². The molecular formula is C21H22N2O. The van der Waals surface area contributed by atoms with E-state index >= 15 is 0 Å². The lowest BCUT2D eigenvalue weighted by Crippen LogP contribution is -2.11. The van der Waals surface area contributed by atoms with E-state index in [0.29, 0.717) is 5.56 Å². The number of hydrogen-bond acceptors (Lipinski definition) is 2. The van der Waals surface area contributed by atoms with Gasteiger partial charge in [0.1, 0.15) is 0 Å². The molecule has 3 nitrogen and oxygen atoms in total. The molecule has 0 aliphatic rings. The first kappa shape index (κ1) is 16.2. The van der Waals surface area contributed by atoms with Crippen LogP contribution >= 0.6 is 0 Å². The molecule has 0 unspecified atom stereocenters. The summed E-state index contributed by atoms with van der Waals surface area (Å²) in [6.45, 7) is 2.21. The zero-order valence-corrected chi connectivity index (χ0v) is 14.0. The molecule has 24 heavy (non-hydrogen) atoms. The predicted octanol–water partition coefficient (Wildman–Crippen LogP) is 5.22. The minimum Gasteiger partial charge on any atom is -0.322 e. The molecule has 1 amide bonds. The summed E-state index contributed by atoms with van der Waals surface area (Å²) in [6.07, 6.45) is 6.56. The standard InChI is InChI=1S/C21H22N2O/c1-2-3-4-6-16-8-11-19(12-9-16)23-21(24)18-10-13-20-17(15-18)7-5-14-22-20/h5,7-15H,2-4,6H2,1H3,(H,23,24). The number of rotatable bonds is 6. The van der Waals surface area contributed by atoms with Crippen molar-refractivity contribution in [1.29, 1.82) is 0 Å². The molecule has 3 heteroatoms. The average Bonchev–Trinajstić information content (AvgIpc) is 2.63. The summed E-state index contributed by atoms with van der Waals surface area (Å²) >= 11 is 0. The molecule has 0 saturated heterocycles. The fourth-order valence-electron chi connectivity index (χ4n) is 2.75. The molecule has 122 valence electrons. The van der Waals surface area contributed by atoms with E-state index < -0.39 is 0 Å². The van der Waals surface area contributed by atoms with Crippen molar-refractivity contribution in [2.24, 2.45) is 0 Å². The van der Waals surface area contributed by atoms with Crippen molar-refractivity contribution in [3.63, 3.8) is 0 Å². The lowest BCUT2D eigenvalue weighted by Gasteiger charge is -2.07. The van der Waals surface area contributed by atoms with Gasteiger partial charge in [-0.25, -0.2) is 0 Å². The molecule has 0 saturated carbocycles. The summed E-state index contributed by atoms with van der Waals surface area (Å²) in [5.41, 5.74) is 3.68. The lowest BCUT2D eigenvalue weighted by molar-refractivity contribution is 0.102. The molecule has 0 aliphatic heterocycles. The number of carbonyl (C=O) groups is 1. The Morgan fingerprint density at radius 2 is 1.88 bits per heavy atom. The highest BCUT2D eigenvalue weighted by Gasteiger charge is 2.07. The number of aromatic nitrogens is 1. The quantitative estimate of drug-likeness (QED) is 0.633. The van der Waals surface area contributed by atoms with Crippen LogP contribution in [0.4, 0.5) is 5.69 Å². The fraction of sp³-hybridized carbons (Fsp3) is 0.238. The van der Waals surface area contributed by atoms with Gasteiger partial charge in [0.15, 0.2) is 0 Å². The van der Waals surface area contributed by atoms with Gasteiger partial charge >= 0.3 is 0 Å². The van der Waals surface area contributed by atoms with E-state index in [1.807, 2.05) is 42.5 Å². The highest BCUT2D eigenvalue weighted by Crippen LogP contribution is 2.16. The Hall–Kier alpha value is -2.68. The third-order valence-electron chi connectivity index (χ3n) is 4.15. The maximum atomic E-state index is 12.4. The van der Waals surface area contributed by atoms with Gasteiger partial charge in [0.25, 0.3) is 5.91 Å². The summed E-state index contributed by atoms with van der Waals surface area (Å²) in [4.78, 5) is 16.7. The first-order chi connectivity index (χ1) is 11.8. The summed E-state index contributed by atoms with van der Waals surface area (Å²) in [7, 11) is 0. The number of hydrogen-bond donors (Lipinski definition) is 1. The average molecular weight is 318 g/mol. The van der Waals surface area contributed by atoms with Gasteiger partial charge in [-0.05, 0) is 54.8 Å². The fourth-order valence-corrected chi connectivity index (χ4v) is 2.75. The summed E-state index contributed by atoms with van der Waals surface area (Å²) in [6, 6.07) is 17.5. The normalized spacial score (nSPS) is 10.7. The van der Waals surface area contributed by atoms with E-state index in [4.69, 9.17) is 0 Å². The second-order valence-corrected chi connectivity index (χ2v) is 6.02. The van der Waals surface area contributed by atoms with E-state index in [0.717, 1.165) is 23.0 Å². The SMILES string of the molecule is CCCCCc1ccc(NC(=O)c2ccc3ncccc3c2)cc1. The number of nitrogens with zero attached hydrogens (tertiary/aromatic N) is 1. The van der Waals surface area contributed by atoms with Crippen LogP contribution in [-0.2, 0) is 6.42 Å². The molecule has 3 aromatic rings. The molecule has 0 spiro atoms. The Balaban J connectivity index is 1.67. The molecule has 0 radical (unpaired) electrons. The molecule has 0 bridgehead atoms. The number of amides is 1. The van der Waals surface area contributed by atoms with Crippen LogP contribution in [0.5, 0.6) is 0 Å². The van der Waals surface area contributed by atoms with Crippen molar-refractivity contribution in [2.45, 2.75) is 32.6 Å². The topological polar surface area (TPSA) is 42.0 Å². The van der Waals surface area contributed by atoms with Crippen LogP contribution in [0.25, 0.3) is 10.9 Å². The van der Waals surface area contributed by atoms with Crippen molar-refractivity contribution in [3.8, 4) is 0 Å². The van der Waals surface area contributed by atoms with Gasteiger partial charge in [-0.3, -0.25) is 9.78 Å². The number of anilines is 1. The molecule has 1 aromatic heterocycles. The van der Waals surface area contributed by atoms with E-state index in [1.165, 1.54) is 24.8 Å². The van der Waals surface area contributed by atoms with Crippen molar-refractivity contribution in [3.05, 3.63) is 71.9 Å². The number of unbranched alkanes of at least 4 members (excludes halogenated alkanes) is 2. The van der Waals surface area contributed by atoms with Crippen LogP contribution in [-0.4, -0.2) is 10.9 Å². The number of aryl methyl sites for hydroxylation is 1. The molecular weight excluding hydrogens is 296 g/mol. The Bertz CT molecular complexity index is 825. The second kappa shape index (κ2) is 7.73. The van der Waals surface area contributed by atoms with Crippen LogP contribution in [0.2, 0.25) is 0 Å². The van der Waals surface area contributed by atoms with Gasteiger partial charge in [-0.15, -0.1) is 0 Å². The number of fused-ring (bicyclic) bond motifs is 1. The molecule has 1 heterocycles. The van der Waals surface area contributed by atoms with Gasteiger partial charge in [-0.2, -0.15) is 0 Å². The van der Waals surface area contributed by atoms with Crippen LogP contribution in [0.15, 0.2) is 60.8 Å². The molecule has 0 aliphatic carbocycles. The first-order valence-electron chi connectivity index (χ1n) is 8.51. The lowest BCUT2D eigenvalue weighted by atomic mass is 10.1. The summed E-state index contributed by atoms with van der Waals surface area (Å²) in [5.74, 6) is -0.0977. The minimum absolute atomic E-state index is 0.0977. The highest BCUT2D eigenvalue weighted by molar-refractivity contribution is 6.06. The van der Waals surface area contributed by atoms with Gasteiger partial charge in [0.05, 0.1) is 5.52 Å². The number of benzene rings is 2. The third kappa shape index (κ3) is 3.99. The molecule has 0 atom stereocenters. The van der Waals surface area contributed by atoms with Gasteiger partial charge in [0.2, 0.25) is 0 Å². The van der Waals surface area contributed by atoms with E-state index in [2.05, 4.69) is 29.4 Å². The molecule has 2 aromatic carbocycles. The molecule has 1 N–H and O–H groups in total. The second-order valence-electron chi connectivity index (χ2n) is 6.02. The third-order valence-corrected chi connectivity index (χ3v) is 4.15. The number of nitrogens with one attached hydrogen (secondary N) is 1. The summed E-state index contributed by atoms with van der Waals surface area (Å²) in [5, 5.41) is 3.93.